The van der Waals surface area contributed by atoms with Crippen molar-refractivity contribution in [3.63, 3.8) is 0 Å². The molecule has 0 bridgehead atoms. The Hall–Kier alpha value is -1.90. The second-order valence-electron chi connectivity index (χ2n) is 6.05. The molecule has 2 aromatic carbocycles. The predicted octanol–water partition coefficient (Wildman–Crippen LogP) is 3.01. The van der Waals surface area contributed by atoms with Gasteiger partial charge in [0.2, 0.25) is 10.0 Å². The summed E-state index contributed by atoms with van der Waals surface area (Å²) >= 11 is 0. The van der Waals surface area contributed by atoms with Crippen LogP contribution in [0.5, 0.6) is 5.75 Å². The summed E-state index contributed by atoms with van der Waals surface area (Å²) in [6.07, 6.45) is 1.64. The zero-order chi connectivity index (χ0) is 19.4. The molecule has 0 saturated heterocycles. The molecule has 26 heavy (non-hydrogen) atoms. The SMILES string of the molecule is CC[C@@H](C)N(Cc1ccc(OS(C)(=O)=O)cc1)S(=O)(=O)c1ccccc1. The Kier molecular flexibility index (Phi) is 6.44. The standard InChI is InChI=1S/C18H23NO5S2/c1-4-15(2)19(26(22,23)18-8-6-5-7-9-18)14-16-10-12-17(13-11-16)24-25(3,20)21/h5-13,15H,4,14H2,1-3H3/t15-/m1/s1. The topological polar surface area (TPSA) is 80.8 Å². The van der Waals surface area contributed by atoms with Crippen molar-refractivity contribution >= 4 is 20.1 Å². The summed E-state index contributed by atoms with van der Waals surface area (Å²) in [6.45, 7) is 3.98. The van der Waals surface area contributed by atoms with Crippen LogP contribution < -0.4 is 4.18 Å². The Morgan fingerprint density at radius 1 is 0.962 bits per heavy atom. The Balaban J connectivity index is 2.29. The van der Waals surface area contributed by atoms with Gasteiger partial charge in [-0.2, -0.15) is 12.7 Å². The van der Waals surface area contributed by atoms with Crippen molar-refractivity contribution in [3.8, 4) is 5.75 Å². The average Bonchev–Trinajstić information content (AvgIpc) is 2.59. The van der Waals surface area contributed by atoms with E-state index in [1.54, 1.807) is 42.5 Å². The molecular formula is C18H23NO5S2. The molecule has 142 valence electrons. The molecule has 0 saturated carbocycles. The van der Waals surface area contributed by atoms with Gasteiger partial charge < -0.3 is 4.18 Å². The minimum absolute atomic E-state index is 0.186. The molecule has 0 unspecified atom stereocenters. The van der Waals surface area contributed by atoms with E-state index in [4.69, 9.17) is 4.18 Å². The fourth-order valence-corrected chi connectivity index (χ4v) is 4.59. The summed E-state index contributed by atoms with van der Waals surface area (Å²) < 4.78 is 54.6. The van der Waals surface area contributed by atoms with Crippen molar-refractivity contribution in [2.24, 2.45) is 0 Å². The van der Waals surface area contributed by atoms with Crippen LogP contribution in [0, 0.1) is 0 Å². The van der Waals surface area contributed by atoms with Crippen LogP contribution in [-0.2, 0) is 26.7 Å². The second-order valence-corrected chi connectivity index (χ2v) is 9.52. The maximum Gasteiger partial charge on any atom is 0.306 e. The zero-order valence-electron chi connectivity index (χ0n) is 15.0. The molecule has 0 radical (unpaired) electrons. The third-order valence-corrected chi connectivity index (χ3v) is 6.41. The van der Waals surface area contributed by atoms with Crippen LogP contribution >= 0.6 is 0 Å². The van der Waals surface area contributed by atoms with Gasteiger partial charge in [-0.05, 0) is 43.2 Å². The first-order valence-electron chi connectivity index (χ1n) is 8.19. The minimum atomic E-state index is -3.64. The van der Waals surface area contributed by atoms with E-state index in [1.165, 1.54) is 16.4 Å². The summed E-state index contributed by atoms with van der Waals surface area (Å²) in [5, 5.41) is 0. The molecule has 0 heterocycles. The van der Waals surface area contributed by atoms with Gasteiger partial charge in [-0.1, -0.05) is 37.3 Å². The van der Waals surface area contributed by atoms with Crippen molar-refractivity contribution in [1.29, 1.82) is 0 Å². The van der Waals surface area contributed by atoms with E-state index >= 15 is 0 Å². The zero-order valence-corrected chi connectivity index (χ0v) is 16.6. The van der Waals surface area contributed by atoms with Crippen LogP contribution in [-0.4, -0.2) is 33.4 Å². The van der Waals surface area contributed by atoms with E-state index in [1.807, 2.05) is 13.8 Å². The minimum Gasteiger partial charge on any atom is -0.383 e. The first kappa shape index (κ1) is 20.4. The van der Waals surface area contributed by atoms with Crippen LogP contribution in [0.2, 0.25) is 0 Å². The molecule has 0 aliphatic rings. The number of hydrogen-bond acceptors (Lipinski definition) is 5. The summed E-state index contributed by atoms with van der Waals surface area (Å²) in [7, 11) is -7.24. The van der Waals surface area contributed by atoms with Crippen molar-refractivity contribution in [2.45, 2.75) is 37.8 Å². The average molecular weight is 398 g/mol. The Morgan fingerprint density at radius 2 is 1.54 bits per heavy atom. The monoisotopic (exact) mass is 397 g/mol. The normalized spacial score (nSPS) is 13.5. The molecule has 0 fully saturated rings. The van der Waals surface area contributed by atoms with E-state index in [0.717, 1.165) is 11.8 Å². The van der Waals surface area contributed by atoms with Gasteiger partial charge in [0, 0.05) is 12.6 Å². The van der Waals surface area contributed by atoms with Crippen molar-refractivity contribution in [2.75, 3.05) is 6.26 Å². The highest BCUT2D eigenvalue weighted by molar-refractivity contribution is 7.89. The van der Waals surface area contributed by atoms with Crippen molar-refractivity contribution in [1.82, 2.24) is 4.31 Å². The molecule has 2 rings (SSSR count). The number of nitrogens with zero attached hydrogens (tertiary/aromatic N) is 1. The van der Waals surface area contributed by atoms with Crippen LogP contribution in [0.15, 0.2) is 59.5 Å². The molecule has 0 aliphatic carbocycles. The van der Waals surface area contributed by atoms with Gasteiger partial charge in [0.15, 0.2) is 0 Å². The molecule has 0 N–H and O–H groups in total. The van der Waals surface area contributed by atoms with Gasteiger partial charge in [0.05, 0.1) is 11.2 Å². The molecule has 0 spiro atoms. The van der Waals surface area contributed by atoms with E-state index in [-0.39, 0.29) is 23.2 Å². The van der Waals surface area contributed by atoms with Crippen molar-refractivity contribution < 1.29 is 21.0 Å². The number of rotatable bonds is 8. The predicted molar refractivity (Wildman–Crippen MR) is 101 cm³/mol. The molecule has 0 aliphatic heterocycles. The quantitative estimate of drug-likeness (QED) is 0.640. The Labute approximate surface area is 155 Å². The fraction of sp³-hybridized carbons (Fsp3) is 0.333. The van der Waals surface area contributed by atoms with Crippen molar-refractivity contribution in [3.05, 3.63) is 60.2 Å². The van der Waals surface area contributed by atoms with Gasteiger partial charge in [0.1, 0.15) is 5.75 Å². The highest BCUT2D eigenvalue weighted by Gasteiger charge is 2.28. The fourth-order valence-electron chi connectivity index (χ4n) is 2.41. The van der Waals surface area contributed by atoms with Crippen LogP contribution in [0.4, 0.5) is 0 Å². The number of benzene rings is 2. The van der Waals surface area contributed by atoms with E-state index < -0.39 is 20.1 Å². The van der Waals surface area contributed by atoms with Crippen LogP contribution in [0.25, 0.3) is 0 Å². The summed E-state index contributed by atoms with van der Waals surface area (Å²) in [6, 6.07) is 14.5. The maximum atomic E-state index is 13.0. The van der Waals surface area contributed by atoms with Crippen LogP contribution in [0.1, 0.15) is 25.8 Å². The smallest absolute Gasteiger partial charge is 0.306 e. The lowest BCUT2D eigenvalue weighted by Crippen LogP contribution is -2.37. The van der Waals surface area contributed by atoms with E-state index in [2.05, 4.69) is 0 Å². The van der Waals surface area contributed by atoms with Gasteiger partial charge in [-0.15, -0.1) is 0 Å². The lowest BCUT2D eigenvalue weighted by atomic mass is 10.2. The summed E-state index contributed by atoms with van der Waals surface area (Å²) in [5.74, 6) is 0.192. The van der Waals surface area contributed by atoms with Gasteiger partial charge in [-0.3, -0.25) is 0 Å². The lowest BCUT2D eigenvalue weighted by Gasteiger charge is -2.28. The highest BCUT2D eigenvalue weighted by atomic mass is 32.2. The molecule has 8 heteroatoms. The number of sulfonamides is 1. The largest absolute Gasteiger partial charge is 0.383 e. The van der Waals surface area contributed by atoms with Crippen LogP contribution in [0.3, 0.4) is 0 Å². The number of hydrogen-bond donors (Lipinski definition) is 0. The highest BCUT2D eigenvalue weighted by Crippen LogP contribution is 2.23. The first-order chi connectivity index (χ1) is 12.1. The second kappa shape index (κ2) is 8.20. The first-order valence-corrected chi connectivity index (χ1v) is 11.4. The molecule has 0 aromatic heterocycles. The lowest BCUT2D eigenvalue weighted by molar-refractivity contribution is 0.323. The molecule has 2 aromatic rings. The molecule has 6 nitrogen and oxygen atoms in total. The molecule has 1 atom stereocenters. The van der Waals surface area contributed by atoms with Gasteiger partial charge in [-0.25, -0.2) is 8.42 Å². The summed E-state index contributed by atoms with van der Waals surface area (Å²) in [4.78, 5) is 0.248. The van der Waals surface area contributed by atoms with E-state index in [0.29, 0.717) is 6.42 Å². The molecule has 0 amide bonds. The maximum absolute atomic E-state index is 13.0. The van der Waals surface area contributed by atoms with Gasteiger partial charge in [0.25, 0.3) is 0 Å². The summed E-state index contributed by atoms with van der Waals surface area (Å²) in [5.41, 5.74) is 0.741. The third-order valence-electron chi connectivity index (χ3n) is 3.94. The Morgan fingerprint density at radius 3 is 2.04 bits per heavy atom. The van der Waals surface area contributed by atoms with E-state index in [9.17, 15) is 16.8 Å². The van der Waals surface area contributed by atoms with Gasteiger partial charge >= 0.3 is 10.1 Å². The third kappa shape index (κ3) is 5.30. The Bertz CT molecular complexity index is 923. The molecular weight excluding hydrogens is 374 g/mol.